The molecule has 0 amide bonds. The zero-order chi connectivity index (χ0) is 21.3. The number of nitrogens with one attached hydrogen (secondary N) is 1. The molecule has 28 heavy (non-hydrogen) atoms. The number of hydrogen-bond acceptors (Lipinski definition) is 2. The van der Waals surface area contributed by atoms with Crippen molar-refractivity contribution in [2.75, 3.05) is 6.54 Å². The first-order valence-electron chi connectivity index (χ1n) is 12.5. The van der Waals surface area contributed by atoms with Crippen LogP contribution in [0.5, 0.6) is 0 Å². The van der Waals surface area contributed by atoms with E-state index in [1.54, 1.807) is 0 Å². The maximum absolute atomic E-state index is 10.2. The second-order valence-electron chi connectivity index (χ2n) is 8.56. The highest BCUT2D eigenvalue weighted by Crippen LogP contribution is 2.10. The molecular weight excluding hydrogens is 346 g/mol. The molecule has 0 aromatic rings. The Morgan fingerprint density at radius 1 is 0.643 bits per heavy atom. The van der Waals surface area contributed by atoms with Crippen LogP contribution in [0.4, 0.5) is 0 Å². The van der Waals surface area contributed by atoms with Crippen LogP contribution in [0.3, 0.4) is 0 Å². The highest BCUT2D eigenvalue weighted by molar-refractivity contribution is 5.66. The minimum Gasteiger partial charge on any atom is -0.481 e. The zero-order valence-electron chi connectivity index (χ0n) is 19.9. The van der Waals surface area contributed by atoms with E-state index in [1.807, 2.05) is 0 Å². The lowest BCUT2D eigenvalue weighted by Crippen LogP contribution is -2.23. The molecule has 0 aliphatic carbocycles. The van der Waals surface area contributed by atoms with Crippen LogP contribution in [0.1, 0.15) is 143 Å². The molecule has 0 aromatic heterocycles. The summed E-state index contributed by atoms with van der Waals surface area (Å²) in [6.45, 7) is 10.1. The number of unbranched alkanes of at least 4 members (excludes halogenated alkanes) is 15. The Morgan fingerprint density at radius 3 is 1.36 bits per heavy atom. The summed E-state index contributed by atoms with van der Waals surface area (Å²) in [4.78, 5) is 10.2. The number of carboxylic acid groups (broad SMARTS) is 1. The first-order valence-corrected chi connectivity index (χ1v) is 12.5. The van der Waals surface area contributed by atoms with Gasteiger partial charge in [-0.3, -0.25) is 4.79 Å². The van der Waals surface area contributed by atoms with Gasteiger partial charge >= 0.3 is 5.97 Å². The standard InChI is InChI=1S/C13H29N.C12H24O2/c1-4-5-6-7-8-9-10-11-12-14-13(2)3;1-2-3-4-5-6-7-8-9-10-11-12(13)14/h13-14H,4-12H2,1-3H3;2-11H2,1H3,(H,13,14). The van der Waals surface area contributed by atoms with Crippen LogP contribution in [0.2, 0.25) is 0 Å². The molecule has 0 unspecified atom stereocenters. The topological polar surface area (TPSA) is 49.3 Å². The third kappa shape index (κ3) is 33.0. The van der Waals surface area contributed by atoms with Crippen LogP contribution < -0.4 is 5.32 Å². The Bertz CT molecular complexity index is 292. The lowest BCUT2D eigenvalue weighted by molar-refractivity contribution is -0.137. The maximum Gasteiger partial charge on any atom is 0.303 e. The van der Waals surface area contributed by atoms with Gasteiger partial charge in [0.15, 0.2) is 0 Å². The van der Waals surface area contributed by atoms with Crippen LogP contribution in [0.25, 0.3) is 0 Å². The first-order chi connectivity index (χ1) is 13.5. The van der Waals surface area contributed by atoms with E-state index < -0.39 is 5.97 Å². The molecule has 170 valence electrons. The van der Waals surface area contributed by atoms with Gasteiger partial charge < -0.3 is 10.4 Å². The lowest BCUT2D eigenvalue weighted by atomic mass is 10.1. The van der Waals surface area contributed by atoms with E-state index in [0.29, 0.717) is 12.5 Å². The van der Waals surface area contributed by atoms with Crippen molar-refractivity contribution in [3.63, 3.8) is 0 Å². The highest BCUT2D eigenvalue weighted by Gasteiger charge is 1.96. The summed E-state index contributed by atoms with van der Waals surface area (Å²) < 4.78 is 0. The summed E-state index contributed by atoms with van der Waals surface area (Å²) in [7, 11) is 0. The van der Waals surface area contributed by atoms with E-state index in [0.717, 1.165) is 12.8 Å². The Balaban J connectivity index is 0. The Morgan fingerprint density at radius 2 is 1.00 bits per heavy atom. The molecule has 0 aliphatic heterocycles. The second kappa shape index (κ2) is 26.4. The van der Waals surface area contributed by atoms with Crippen molar-refractivity contribution in [2.45, 2.75) is 149 Å². The van der Waals surface area contributed by atoms with Crippen molar-refractivity contribution in [1.29, 1.82) is 0 Å². The van der Waals surface area contributed by atoms with E-state index in [1.165, 1.54) is 103 Å². The number of carboxylic acids is 1. The molecule has 3 heteroatoms. The van der Waals surface area contributed by atoms with Gasteiger partial charge in [-0.15, -0.1) is 0 Å². The molecular formula is C25H53NO2. The van der Waals surface area contributed by atoms with Gasteiger partial charge in [0.2, 0.25) is 0 Å². The number of aliphatic carboxylic acids is 1. The fourth-order valence-corrected chi connectivity index (χ4v) is 3.24. The van der Waals surface area contributed by atoms with Gasteiger partial charge in [-0.2, -0.15) is 0 Å². The molecule has 0 fully saturated rings. The van der Waals surface area contributed by atoms with Gasteiger partial charge in [-0.25, -0.2) is 0 Å². The smallest absolute Gasteiger partial charge is 0.303 e. The summed E-state index contributed by atoms with van der Waals surface area (Å²) in [6, 6.07) is 0.652. The Hall–Kier alpha value is -0.570. The summed E-state index contributed by atoms with van der Waals surface area (Å²) >= 11 is 0. The van der Waals surface area contributed by atoms with Crippen molar-refractivity contribution in [3.05, 3.63) is 0 Å². The van der Waals surface area contributed by atoms with Crippen molar-refractivity contribution in [3.8, 4) is 0 Å². The van der Waals surface area contributed by atoms with Crippen molar-refractivity contribution < 1.29 is 9.90 Å². The molecule has 0 rings (SSSR count). The monoisotopic (exact) mass is 399 g/mol. The average Bonchev–Trinajstić information content (AvgIpc) is 2.65. The molecule has 0 spiro atoms. The molecule has 0 saturated carbocycles. The van der Waals surface area contributed by atoms with Crippen molar-refractivity contribution in [2.24, 2.45) is 0 Å². The van der Waals surface area contributed by atoms with Crippen LogP contribution in [0.15, 0.2) is 0 Å². The fraction of sp³-hybridized carbons (Fsp3) is 0.960. The first kappa shape index (κ1) is 29.6. The maximum atomic E-state index is 10.2. The third-order valence-electron chi connectivity index (χ3n) is 5.08. The molecule has 0 atom stereocenters. The van der Waals surface area contributed by atoms with E-state index in [9.17, 15) is 4.79 Å². The molecule has 0 aromatic carbocycles. The summed E-state index contributed by atoms with van der Waals surface area (Å²) in [5, 5.41) is 11.9. The van der Waals surface area contributed by atoms with Gasteiger partial charge in [0.1, 0.15) is 0 Å². The summed E-state index contributed by atoms with van der Waals surface area (Å²) in [5.74, 6) is -0.659. The van der Waals surface area contributed by atoms with E-state index in [2.05, 4.69) is 33.0 Å². The predicted octanol–water partition coefficient (Wildman–Crippen LogP) is 8.12. The summed E-state index contributed by atoms with van der Waals surface area (Å²) in [6.07, 6.45) is 22.8. The number of carbonyl (C=O) groups is 1. The highest BCUT2D eigenvalue weighted by atomic mass is 16.4. The zero-order valence-corrected chi connectivity index (χ0v) is 19.9. The largest absolute Gasteiger partial charge is 0.481 e. The fourth-order valence-electron chi connectivity index (χ4n) is 3.24. The normalized spacial score (nSPS) is 10.8. The van der Waals surface area contributed by atoms with E-state index in [-0.39, 0.29) is 0 Å². The molecule has 0 radical (unpaired) electrons. The minimum atomic E-state index is -0.659. The van der Waals surface area contributed by atoms with Crippen LogP contribution in [-0.4, -0.2) is 23.7 Å². The van der Waals surface area contributed by atoms with Crippen LogP contribution in [0, 0.1) is 0 Å². The van der Waals surface area contributed by atoms with Crippen LogP contribution in [-0.2, 0) is 4.79 Å². The van der Waals surface area contributed by atoms with Crippen molar-refractivity contribution >= 4 is 5.97 Å². The van der Waals surface area contributed by atoms with Crippen LogP contribution >= 0.6 is 0 Å². The third-order valence-corrected chi connectivity index (χ3v) is 5.08. The predicted molar refractivity (Wildman–Crippen MR) is 125 cm³/mol. The lowest BCUT2D eigenvalue weighted by Gasteiger charge is -2.07. The molecule has 0 bridgehead atoms. The van der Waals surface area contributed by atoms with Gasteiger partial charge in [-0.05, 0) is 19.4 Å². The molecule has 0 aliphatic rings. The van der Waals surface area contributed by atoms with E-state index >= 15 is 0 Å². The molecule has 3 nitrogen and oxygen atoms in total. The van der Waals surface area contributed by atoms with Gasteiger partial charge in [-0.1, -0.05) is 124 Å². The average molecular weight is 400 g/mol. The summed E-state index contributed by atoms with van der Waals surface area (Å²) in [5.41, 5.74) is 0. The Labute approximate surface area is 177 Å². The second-order valence-corrected chi connectivity index (χ2v) is 8.56. The minimum absolute atomic E-state index is 0.343. The Kier molecular flexibility index (Phi) is 28.0. The number of rotatable bonds is 20. The molecule has 0 heterocycles. The van der Waals surface area contributed by atoms with Gasteiger partial charge in [0, 0.05) is 12.5 Å². The van der Waals surface area contributed by atoms with Gasteiger partial charge in [0.05, 0.1) is 0 Å². The van der Waals surface area contributed by atoms with Crippen molar-refractivity contribution in [1.82, 2.24) is 5.32 Å². The van der Waals surface area contributed by atoms with E-state index in [4.69, 9.17) is 5.11 Å². The molecule has 2 N–H and O–H groups in total. The quantitative estimate of drug-likeness (QED) is 0.203. The molecule has 0 saturated heterocycles. The SMILES string of the molecule is CCCCCCCCCCCC(=O)O.CCCCCCCCCCNC(C)C. The number of hydrogen-bond donors (Lipinski definition) is 2. The van der Waals surface area contributed by atoms with Gasteiger partial charge in [0.25, 0.3) is 0 Å².